The molecule has 1 aromatic heterocycles. The molecule has 2 aliphatic carbocycles. The number of rotatable bonds is 7. The summed E-state index contributed by atoms with van der Waals surface area (Å²) in [5, 5.41) is 9.97. The highest BCUT2D eigenvalue weighted by Crippen LogP contribution is 2.68. The van der Waals surface area contributed by atoms with E-state index in [1.807, 2.05) is 0 Å². The fourth-order valence-electron chi connectivity index (χ4n) is 7.17. The lowest BCUT2D eigenvalue weighted by Crippen LogP contribution is -2.42. The molecule has 2 bridgehead atoms. The summed E-state index contributed by atoms with van der Waals surface area (Å²) in [6.45, 7) is 2.44. The van der Waals surface area contributed by atoms with Crippen molar-refractivity contribution in [3.8, 4) is 0 Å². The molecule has 2 N–H and O–H groups in total. The van der Waals surface area contributed by atoms with Gasteiger partial charge in [-0.2, -0.15) is 0 Å². The number of aromatic nitrogens is 1. The number of carbonyl (C=O) groups excluding carboxylic acids is 2. The number of aromatic amines is 1. The van der Waals surface area contributed by atoms with Crippen LogP contribution >= 0.6 is 23.1 Å². The molecule has 35 heavy (non-hydrogen) atoms. The van der Waals surface area contributed by atoms with E-state index in [2.05, 4.69) is 36.2 Å². The number of thioether (sulfide) groups is 1. The molecule has 1 saturated heterocycles. The van der Waals surface area contributed by atoms with Crippen LogP contribution in [0, 0.1) is 36.5 Å². The molecule has 9 heteroatoms. The number of thiazole rings is 1. The van der Waals surface area contributed by atoms with Gasteiger partial charge >= 0.3 is 10.8 Å². The van der Waals surface area contributed by atoms with Crippen LogP contribution in [0.2, 0.25) is 0 Å². The van der Waals surface area contributed by atoms with Crippen LogP contribution in [0.1, 0.15) is 54.0 Å². The zero-order valence-electron chi connectivity index (χ0n) is 19.4. The lowest BCUT2D eigenvalue weighted by molar-refractivity contribution is -0.141. The first-order valence-electron chi connectivity index (χ1n) is 12.4. The van der Waals surface area contributed by atoms with Crippen molar-refractivity contribution in [3.63, 3.8) is 0 Å². The number of hydrogen-bond acceptors (Lipinski definition) is 6. The first-order valence-corrected chi connectivity index (χ1v) is 14.1. The van der Waals surface area contributed by atoms with Gasteiger partial charge in [-0.1, -0.05) is 47.6 Å². The summed E-state index contributed by atoms with van der Waals surface area (Å²) in [5.74, 6) is -0.867. The molecule has 2 saturated carbocycles. The third kappa shape index (κ3) is 3.61. The van der Waals surface area contributed by atoms with Gasteiger partial charge in [0.1, 0.15) is 0 Å². The number of nitrogens with one attached hydrogen (secondary N) is 1. The Morgan fingerprint density at radius 2 is 1.77 bits per heavy atom. The number of nitrogens with zero attached hydrogens (tertiary/aromatic N) is 1. The normalized spacial score (nSPS) is 32.6. The van der Waals surface area contributed by atoms with Crippen LogP contribution < -0.4 is 4.87 Å². The molecule has 1 aromatic carbocycles. The molecule has 3 heterocycles. The van der Waals surface area contributed by atoms with E-state index in [0.29, 0.717) is 25.8 Å². The van der Waals surface area contributed by atoms with Gasteiger partial charge in [0.15, 0.2) is 0 Å². The first-order chi connectivity index (χ1) is 16.8. The van der Waals surface area contributed by atoms with Crippen LogP contribution in [0.4, 0.5) is 0 Å². The van der Waals surface area contributed by atoms with Crippen molar-refractivity contribution >= 4 is 40.9 Å². The minimum atomic E-state index is -0.817. The summed E-state index contributed by atoms with van der Waals surface area (Å²) in [6, 6.07) is 8.51. The third-order valence-corrected chi connectivity index (χ3v) is 11.1. The van der Waals surface area contributed by atoms with Crippen LogP contribution in [-0.4, -0.2) is 44.6 Å². The second-order valence-corrected chi connectivity index (χ2v) is 12.6. The number of imide groups is 1. The molecule has 4 aliphatic rings. The Hall–Kier alpha value is -2.39. The molecule has 184 valence electrons. The summed E-state index contributed by atoms with van der Waals surface area (Å²) in [4.78, 5) is 55.5. The van der Waals surface area contributed by atoms with Crippen molar-refractivity contribution in [2.45, 2.75) is 55.2 Å². The van der Waals surface area contributed by atoms with Gasteiger partial charge in [-0.25, -0.2) is 0 Å². The van der Waals surface area contributed by atoms with Gasteiger partial charge in [0.2, 0.25) is 11.8 Å². The average Bonchev–Trinajstić information content (AvgIpc) is 3.54. The van der Waals surface area contributed by atoms with Crippen LogP contribution in [0.25, 0.3) is 0 Å². The smallest absolute Gasteiger partial charge is 0.305 e. The minimum absolute atomic E-state index is 0.0371. The summed E-state index contributed by atoms with van der Waals surface area (Å²) in [7, 11) is 0. The number of aryl methyl sites for hydroxylation is 1. The van der Waals surface area contributed by atoms with Gasteiger partial charge < -0.3 is 10.1 Å². The molecule has 2 aliphatic heterocycles. The quantitative estimate of drug-likeness (QED) is 0.431. The average molecular weight is 513 g/mol. The standard InChI is InChI=1S/C26H28N2O5S2/c1-12-6-8-13(9-7-12)17-18-14-11-15(21(18)34-23-22(17)35-26(33)27-23)20-19(14)24(31)28(25(20)32)10-4-2-3-5-16(29)30/h6-9,14-15,17-21H,2-5,10-11H2,1H3,(H,27,33)(H,29,30)/t14-,15+,17+,18+,19+,20+,21-/m0/s1. The van der Waals surface area contributed by atoms with Gasteiger partial charge in [0.25, 0.3) is 0 Å². The summed E-state index contributed by atoms with van der Waals surface area (Å²) >= 11 is 2.99. The van der Waals surface area contributed by atoms with Gasteiger partial charge in [0.05, 0.1) is 16.9 Å². The second-order valence-electron chi connectivity index (χ2n) is 10.4. The number of likely N-dealkylation sites (tertiary alicyclic amines) is 1. The maximum Gasteiger partial charge on any atom is 0.305 e. The van der Waals surface area contributed by atoms with Crippen LogP contribution in [-0.2, 0) is 14.4 Å². The molecule has 0 spiro atoms. The molecule has 2 amide bonds. The Balaban J connectivity index is 1.28. The van der Waals surface area contributed by atoms with E-state index in [-0.39, 0.29) is 63.9 Å². The Labute approximate surface area is 211 Å². The molecule has 6 rings (SSSR count). The number of carboxylic acids is 1. The fourth-order valence-corrected chi connectivity index (χ4v) is 10.1. The van der Waals surface area contributed by atoms with E-state index in [9.17, 15) is 19.2 Å². The predicted octanol–water partition coefficient (Wildman–Crippen LogP) is 3.86. The predicted molar refractivity (Wildman–Crippen MR) is 132 cm³/mol. The highest BCUT2D eigenvalue weighted by atomic mass is 32.2. The van der Waals surface area contributed by atoms with Crippen molar-refractivity contribution in [1.29, 1.82) is 0 Å². The topological polar surface area (TPSA) is 108 Å². The van der Waals surface area contributed by atoms with Crippen molar-refractivity contribution < 1.29 is 19.5 Å². The molecule has 3 fully saturated rings. The second kappa shape index (κ2) is 8.62. The number of aliphatic carboxylic acids is 1. The van der Waals surface area contributed by atoms with E-state index in [1.165, 1.54) is 27.4 Å². The number of hydrogen-bond donors (Lipinski definition) is 2. The molecule has 7 atom stereocenters. The number of unbranched alkanes of at least 4 members (excludes halogenated alkanes) is 2. The monoisotopic (exact) mass is 512 g/mol. The largest absolute Gasteiger partial charge is 0.481 e. The maximum atomic E-state index is 13.5. The fraction of sp³-hybridized carbons (Fsp3) is 0.538. The third-order valence-electron chi connectivity index (χ3n) is 8.52. The van der Waals surface area contributed by atoms with Gasteiger partial charge in [-0.3, -0.25) is 24.1 Å². The molecule has 7 nitrogen and oxygen atoms in total. The van der Waals surface area contributed by atoms with Crippen molar-refractivity contribution in [3.05, 3.63) is 49.9 Å². The number of H-pyrrole nitrogens is 1. The maximum absolute atomic E-state index is 13.5. The molecule has 0 unspecified atom stereocenters. The van der Waals surface area contributed by atoms with E-state index in [0.717, 1.165) is 16.3 Å². The van der Waals surface area contributed by atoms with E-state index >= 15 is 0 Å². The molecular weight excluding hydrogens is 484 g/mol. The number of fused-ring (bicyclic) bond motifs is 9. The number of amides is 2. The van der Waals surface area contributed by atoms with Crippen molar-refractivity contribution in [2.75, 3.05) is 6.54 Å². The Bertz CT molecular complexity index is 1250. The van der Waals surface area contributed by atoms with Crippen molar-refractivity contribution in [2.24, 2.45) is 29.6 Å². The van der Waals surface area contributed by atoms with E-state index < -0.39 is 5.97 Å². The first kappa shape index (κ1) is 23.0. The van der Waals surface area contributed by atoms with Gasteiger partial charge in [-0.15, -0.1) is 11.8 Å². The Morgan fingerprint density at radius 3 is 2.49 bits per heavy atom. The number of carbonyl (C=O) groups is 3. The molecule has 0 radical (unpaired) electrons. The Kier molecular flexibility index (Phi) is 5.67. The SMILES string of the molecule is Cc1ccc([C@H]2c3sc(=O)[nH]c3S[C@H]3[C@@H]4C[C@H]([C@H]5C(=O)N(CCCCCC(=O)O)C(=O)[C@H]45)[C@H]23)cc1. The molecule has 2 aromatic rings. The number of benzene rings is 1. The minimum Gasteiger partial charge on any atom is -0.481 e. The summed E-state index contributed by atoms with van der Waals surface area (Å²) in [5.41, 5.74) is 2.36. The Morgan fingerprint density at radius 1 is 1.06 bits per heavy atom. The molecular formula is C26H28N2O5S2. The lowest BCUT2D eigenvalue weighted by Gasteiger charge is -2.43. The van der Waals surface area contributed by atoms with Crippen LogP contribution in [0.15, 0.2) is 34.1 Å². The van der Waals surface area contributed by atoms with Gasteiger partial charge in [0, 0.05) is 29.0 Å². The van der Waals surface area contributed by atoms with E-state index in [1.54, 1.807) is 11.8 Å². The highest BCUT2D eigenvalue weighted by Gasteiger charge is 2.69. The lowest BCUT2D eigenvalue weighted by atomic mass is 9.68. The highest BCUT2D eigenvalue weighted by molar-refractivity contribution is 8.00. The van der Waals surface area contributed by atoms with E-state index in [4.69, 9.17) is 5.11 Å². The van der Waals surface area contributed by atoms with Crippen molar-refractivity contribution in [1.82, 2.24) is 9.88 Å². The number of carboxylic acid groups (broad SMARTS) is 1. The summed E-state index contributed by atoms with van der Waals surface area (Å²) < 4.78 is 0. The van der Waals surface area contributed by atoms with Crippen LogP contribution in [0.5, 0.6) is 0 Å². The van der Waals surface area contributed by atoms with Crippen LogP contribution in [0.3, 0.4) is 0 Å². The zero-order chi connectivity index (χ0) is 24.4. The summed E-state index contributed by atoms with van der Waals surface area (Å²) in [6.07, 6.45) is 2.90. The van der Waals surface area contributed by atoms with Gasteiger partial charge in [-0.05, 0) is 49.5 Å². The zero-order valence-corrected chi connectivity index (χ0v) is 21.1.